The van der Waals surface area contributed by atoms with Crippen LogP contribution in [-0.4, -0.2) is 38.0 Å². The zero-order valence-corrected chi connectivity index (χ0v) is 13.8. The Labute approximate surface area is 144 Å². The number of rotatable bonds is 6. The lowest BCUT2D eigenvalue weighted by Gasteiger charge is -2.15. The number of hydrogen-bond acceptors (Lipinski definition) is 3. The van der Waals surface area contributed by atoms with Crippen molar-refractivity contribution < 1.29 is 14.3 Å². The Bertz CT molecular complexity index is 854. The highest BCUT2D eigenvalue weighted by atomic mass is 19.1. The monoisotopic (exact) mass is 342 g/mol. The minimum absolute atomic E-state index is 0.150. The van der Waals surface area contributed by atoms with Gasteiger partial charge in [-0.2, -0.15) is 5.10 Å². The van der Waals surface area contributed by atoms with Crippen molar-refractivity contribution in [2.45, 2.75) is 19.4 Å². The number of halogens is 1. The summed E-state index contributed by atoms with van der Waals surface area (Å²) in [4.78, 5) is 12.6. The molecule has 0 radical (unpaired) electrons. The number of amides is 1. The Hall–Kier alpha value is -2.93. The molecule has 130 valence electrons. The van der Waals surface area contributed by atoms with Crippen molar-refractivity contribution >= 4 is 5.91 Å². The standard InChI is InChI=1S/C18H19FN4O2/c1-2-13(12-24)21-17(25)14-11-20-23(16-8-4-3-7-15(16)19)18(14)22-9-5-6-10-22/h3-11,13,24H,2,12H2,1H3,(H,21,25). The lowest BCUT2D eigenvalue weighted by molar-refractivity contribution is 0.0915. The van der Waals surface area contributed by atoms with Crippen LogP contribution in [0.15, 0.2) is 55.0 Å². The van der Waals surface area contributed by atoms with Gasteiger partial charge in [0.1, 0.15) is 17.1 Å². The van der Waals surface area contributed by atoms with E-state index in [4.69, 9.17) is 0 Å². The smallest absolute Gasteiger partial charge is 0.257 e. The van der Waals surface area contributed by atoms with E-state index >= 15 is 0 Å². The maximum Gasteiger partial charge on any atom is 0.257 e. The van der Waals surface area contributed by atoms with Crippen LogP contribution in [0.4, 0.5) is 4.39 Å². The number of carbonyl (C=O) groups excluding carboxylic acids is 1. The summed E-state index contributed by atoms with van der Waals surface area (Å²) in [5.41, 5.74) is 0.547. The van der Waals surface area contributed by atoms with Crippen LogP contribution >= 0.6 is 0 Å². The van der Waals surface area contributed by atoms with Crippen LogP contribution in [0.2, 0.25) is 0 Å². The number of aromatic nitrogens is 3. The van der Waals surface area contributed by atoms with E-state index in [0.717, 1.165) is 0 Å². The maximum absolute atomic E-state index is 14.2. The first kappa shape index (κ1) is 16.9. The van der Waals surface area contributed by atoms with Crippen molar-refractivity contribution in [2.24, 2.45) is 0 Å². The van der Waals surface area contributed by atoms with Crippen molar-refractivity contribution in [3.05, 3.63) is 66.4 Å². The highest BCUT2D eigenvalue weighted by molar-refractivity contribution is 5.97. The van der Waals surface area contributed by atoms with E-state index in [1.807, 2.05) is 19.1 Å². The van der Waals surface area contributed by atoms with Crippen molar-refractivity contribution in [1.82, 2.24) is 19.7 Å². The van der Waals surface area contributed by atoms with Gasteiger partial charge in [0, 0.05) is 12.4 Å². The van der Waals surface area contributed by atoms with E-state index in [9.17, 15) is 14.3 Å². The predicted octanol–water partition coefficient (Wildman–Crippen LogP) is 2.30. The minimum atomic E-state index is -0.437. The second-order valence-corrected chi connectivity index (χ2v) is 5.60. The Morgan fingerprint density at radius 3 is 2.64 bits per heavy atom. The summed E-state index contributed by atoms with van der Waals surface area (Å²) < 4.78 is 17.3. The molecule has 0 saturated heterocycles. The summed E-state index contributed by atoms with van der Waals surface area (Å²) >= 11 is 0. The molecule has 1 aromatic carbocycles. The first-order chi connectivity index (χ1) is 12.2. The number of para-hydroxylation sites is 1. The van der Waals surface area contributed by atoms with Crippen LogP contribution < -0.4 is 5.32 Å². The lowest BCUT2D eigenvalue weighted by atomic mass is 10.2. The molecule has 0 bridgehead atoms. The third-order valence-electron chi connectivity index (χ3n) is 3.97. The van der Waals surface area contributed by atoms with Gasteiger partial charge in [0.05, 0.1) is 18.8 Å². The van der Waals surface area contributed by atoms with Crippen LogP contribution in [0.1, 0.15) is 23.7 Å². The summed E-state index contributed by atoms with van der Waals surface area (Å²) in [5, 5.41) is 16.3. The average Bonchev–Trinajstić information content (AvgIpc) is 3.28. The van der Waals surface area contributed by atoms with Crippen LogP contribution in [0.25, 0.3) is 11.5 Å². The van der Waals surface area contributed by atoms with Gasteiger partial charge in [0.2, 0.25) is 0 Å². The maximum atomic E-state index is 14.2. The summed E-state index contributed by atoms with van der Waals surface area (Å²) in [7, 11) is 0. The van der Waals surface area contributed by atoms with Crippen molar-refractivity contribution in [2.75, 3.05) is 6.61 Å². The van der Waals surface area contributed by atoms with Crippen LogP contribution in [0.5, 0.6) is 0 Å². The normalized spacial score (nSPS) is 12.1. The zero-order valence-electron chi connectivity index (χ0n) is 13.8. The minimum Gasteiger partial charge on any atom is -0.394 e. The largest absolute Gasteiger partial charge is 0.394 e. The summed E-state index contributed by atoms with van der Waals surface area (Å²) in [6.07, 6.45) is 5.52. The summed E-state index contributed by atoms with van der Waals surface area (Å²) in [6.45, 7) is 1.72. The van der Waals surface area contributed by atoms with Gasteiger partial charge in [-0.25, -0.2) is 9.07 Å². The third-order valence-corrected chi connectivity index (χ3v) is 3.97. The van der Waals surface area contributed by atoms with Gasteiger partial charge in [0.15, 0.2) is 5.82 Å². The Morgan fingerprint density at radius 1 is 1.28 bits per heavy atom. The highest BCUT2D eigenvalue weighted by Gasteiger charge is 2.22. The highest BCUT2D eigenvalue weighted by Crippen LogP contribution is 2.21. The van der Waals surface area contributed by atoms with Gasteiger partial charge in [-0.1, -0.05) is 19.1 Å². The number of aliphatic hydroxyl groups is 1. The molecule has 0 spiro atoms. The molecule has 0 aliphatic heterocycles. The molecule has 25 heavy (non-hydrogen) atoms. The van der Waals surface area contributed by atoms with Crippen molar-refractivity contribution in [3.63, 3.8) is 0 Å². The SMILES string of the molecule is CCC(CO)NC(=O)c1cnn(-c2ccccc2F)c1-n1cccc1. The van der Waals surface area contributed by atoms with Crippen LogP contribution in [-0.2, 0) is 0 Å². The quantitative estimate of drug-likeness (QED) is 0.722. The molecule has 0 aliphatic carbocycles. The van der Waals surface area contributed by atoms with E-state index in [1.54, 1.807) is 35.2 Å². The molecular formula is C18H19FN4O2. The topological polar surface area (TPSA) is 72.1 Å². The first-order valence-electron chi connectivity index (χ1n) is 8.03. The van der Waals surface area contributed by atoms with E-state index in [0.29, 0.717) is 17.8 Å². The number of hydrogen-bond donors (Lipinski definition) is 2. The summed E-state index contributed by atoms with van der Waals surface area (Å²) in [6, 6.07) is 9.51. The Morgan fingerprint density at radius 2 is 2.00 bits per heavy atom. The number of aliphatic hydroxyl groups excluding tert-OH is 1. The van der Waals surface area contributed by atoms with Crippen molar-refractivity contribution in [1.29, 1.82) is 0 Å². The molecule has 2 aromatic heterocycles. The van der Waals surface area contributed by atoms with Gasteiger partial charge < -0.3 is 15.0 Å². The molecular weight excluding hydrogens is 323 g/mol. The van der Waals surface area contributed by atoms with Crippen LogP contribution in [0.3, 0.4) is 0 Å². The van der Waals surface area contributed by atoms with Gasteiger partial charge in [-0.05, 0) is 30.7 Å². The molecule has 0 fully saturated rings. The molecule has 1 atom stereocenters. The second kappa shape index (κ2) is 7.31. The molecule has 2 heterocycles. The number of carbonyl (C=O) groups is 1. The fourth-order valence-electron chi connectivity index (χ4n) is 2.57. The van der Waals surface area contributed by atoms with Gasteiger partial charge >= 0.3 is 0 Å². The molecule has 2 N–H and O–H groups in total. The van der Waals surface area contributed by atoms with Crippen molar-refractivity contribution in [3.8, 4) is 11.5 Å². The predicted molar refractivity (Wildman–Crippen MR) is 91.5 cm³/mol. The Balaban J connectivity index is 2.09. The molecule has 1 unspecified atom stereocenters. The Kier molecular flexibility index (Phi) is 4.95. The number of benzene rings is 1. The van der Waals surface area contributed by atoms with E-state index < -0.39 is 5.82 Å². The van der Waals surface area contributed by atoms with E-state index in [-0.39, 0.29) is 24.2 Å². The fourth-order valence-corrected chi connectivity index (χ4v) is 2.57. The first-order valence-corrected chi connectivity index (χ1v) is 8.03. The molecule has 0 aliphatic rings. The molecule has 7 heteroatoms. The second-order valence-electron chi connectivity index (χ2n) is 5.60. The molecule has 0 saturated carbocycles. The zero-order chi connectivity index (χ0) is 17.8. The van der Waals surface area contributed by atoms with E-state index in [2.05, 4.69) is 10.4 Å². The third kappa shape index (κ3) is 3.32. The molecule has 3 aromatic rings. The molecule has 1 amide bonds. The lowest BCUT2D eigenvalue weighted by Crippen LogP contribution is -2.37. The van der Waals surface area contributed by atoms with Gasteiger partial charge in [-0.3, -0.25) is 4.79 Å². The van der Waals surface area contributed by atoms with Gasteiger partial charge in [-0.15, -0.1) is 0 Å². The van der Waals surface area contributed by atoms with E-state index in [1.165, 1.54) is 16.9 Å². The molecule has 3 rings (SSSR count). The number of nitrogens with zero attached hydrogens (tertiary/aromatic N) is 3. The summed E-state index contributed by atoms with van der Waals surface area (Å²) in [5.74, 6) is -0.375. The van der Waals surface area contributed by atoms with Crippen LogP contribution in [0, 0.1) is 5.82 Å². The van der Waals surface area contributed by atoms with Gasteiger partial charge in [0.25, 0.3) is 5.91 Å². The fraction of sp³-hybridized carbons (Fsp3) is 0.222. The average molecular weight is 342 g/mol. The number of nitrogens with one attached hydrogen (secondary N) is 1. The molecule has 6 nitrogen and oxygen atoms in total.